The van der Waals surface area contributed by atoms with Crippen LogP contribution in [0.1, 0.15) is 5.56 Å². The topological polar surface area (TPSA) is 46.2 Å². The van der Waals surface area contributed by atoms with Gasteiger partial charge in [-0.2, -0.15) is 0 Å². The number of halogens is 4. The summed E-state index contributed by atoms with van der Waals surface area (Å²) in [5.74, 6) is 0. The number of nitrogens with one attached hydrogen (secondary N) is 1. The van der Waals surface area contributed by atoms with Crippen LogP contribution >= 0.6 is 59.4 Å². The van der Waals surface area contributed by atoms with Crippen LogP contribution in [0.25, 0.3) is 0 Å². The summed E-state index contributed by atoms with van der Waals surface area (Å²) < 4.78 is 29.3. The Morgan fingerprint density at radius 1 is 1.00 bits per heavy atom. The first-order valence-electron chi connectivity index (χ1n) is 5.64. The molecule has 0 bridgehead atoms. The van der Waals surface area contributed by atoms with Gasteiger partial charge in [0.1, 0.15) is 4.90 Å². The SMILES string of the molecule is Cc1cc(Br)c(S(=O)(=O)Nc2ccc(Cl)c(Br)c2)cc1Br. The highest BCUT2D eigenvalue weighted by atomic mass is 79.9. The second-order valence-corrected chi connectivity index (χ2v) is 8.89. The van der Waals surface area contributed by atoms with Crippen molar-refractivity contribution in [3.63, 3.8) is 0 Å². The molecule has 0 saturated carbocycles. The smallest absolute Gasteiger partial charge is 0.263 e. The Balaban J connectivity index is 2.43. The van der Waals surface area contributed by atoms with E-state index in [1.54, 1.807) is 30.3 Å². The van der Waals surface area contributed by atoms with Crippen LogP contribution in [0, 0.1) is 6.92 Å². The van der Waals surface area contributed by atoms with E-state index in [1.807, 2.05) is 6.92 Å². The minimum Gasteiger partial charge on any atom is -0.280 e. The van der Waals surface area contributed by atoms with Gasteiger partial charge in [0.25, 0.3) is 10.0 Å². The van der Waals surface area contributed by atoms with Crippen molar-refractivity contribution >= 4 is 75.1 Å². The van der Waals surface area contributed by atoms with E-state index in [1.165, 1.54) is 0 Å². The van der Waals surface area contributed by atoms with E-state index >= 15 is 0 Å². The molecular weight excluding hydrogens is 509 g/mol. The van der Waals surface area contributed by atoms with E-state index in [-0.39, 0.29) is 4.90 Å². The second kappa shape index (κ2) is 6.58. The van der Waals surface area contributed by atoms with Crippen LogP contribution in [0.4, 0.5) is 5.69 Å². The van der Waals surface area contributed by atoms with E-state index in [0.29, 0.717) is 19.7 Å². The van der Waals surface area contributed by atoms with Crippen molar-refractivity contribution in [1.82, 2.24) is 0 Å². The monoisotopic (exact) mass is 515 g/mol. The number of hydrogen-bond donors (Lipinski definition) is 1. The van der Waals surface area contributed by atoms with Crippen LogP contribution in [0.15, 0.2) is 48.6 Å². The average molecular weight is 518 g/mol. The third kappa shape index (κ3) is 4.01. The Morgan fingerprint density at radius 3 is 2.29 bits per heavy atom. The molecule has 0 radical (unpaired) electrons. The second-order valence-electron chi connectivity index (χ2n) is 4.27. The summed E-state index contributed by atoms with van der Waals surface area (Å²) in [4.78, 5) is 0.158. The molecule has 112 valence electrons. The fourth-order valence-electron chi connectivity index (χ4n) is 1.60. The number of anilines is 1. The van der Waals surface area contributed by atoms with Gasteiger partial charge in [-0.3, -0.25) is 4.72 Å². The van der Waals surface area contributed by atoms with Crippen LogP contribution in [0.3, 0.4) is 0 Å². The molecule has 0 aliphatic carbocycles. The number of rotatable bonds is 3. The molecule has 0 amide bonds. The molecule has 21 heavy (non-hydrogen) atoms. The molecule has 0 aliphatic heterocycles. The molecule has 0 unspecified atom stereocenters. The van der Waals surface area contributed by atoms with Crippen LogP contribution in [0.2, 0.25) is 5.02 Å². The predicted octanol–water partition coefficient (Wildman–Crippen LogP) is 5.74. The molecule has 1 N–H and O–H groups in total. The minimum atomic E-state index is -3.70. The number of aryl methyl sites for hydroxylation is 1. The van der Waals surface area contributed by atoms with Gasteiger partial charge in [-0.1, -0.05) is 27.5 Å². The van der Waals surface area contributed by atoms with Crippen molar-refractivity contribution in [1.29, 1.82) is 0 Å². The maximum atomic E-state index is 12.5. The van der Waals surface area contributed by atoms with Crippen molar-refractivity contribution in [2.45, 2.75) is 11.8 Å². The van der Waals surface area contributed by atoms with E-state index in [2.05, 4.69) is 52.5 Å². The van der Waals surface area contributed by atoms with Crippen LogP contribution in [-0.2, 0) is 10.0 Å². The predicted molar refractivity (Wildman–Crippen MR) is 96.5 cm³/mol. The van der Waals surface area contributed by atoms with Gasteiger partial charge in [0.2, 0.25) is 0 Å². The average Bonchev–Trinajstić information content (AvgIpc) is 2.37. The third-order valence-corrected chi connectivity index (χ3v) is 7.08. The zero-order valence-corrected chi connectivity index (χ0v) is 17.0. The summed E-state index contributed by atoms with van der Waals surface area (Å²) in [6.07, 6.45) is 0. The third-order valence-electron chi connectivity index (χ3n) is 2.67. The summed E-state index contributed by atoms with van der Waals surface area (Å²) in [6.45, 7) is 1.88. The molecule has 0 fully saturated rings. The van der Waals surface area contributed by atoms with Gasteiger partial charge in [0.15, 0.2) is 0 Å². The minimum absolute atomic E-state index is 0.158. The Labute approximate surface area is 153 Å². The molecule has 8 heteroatoms. The lowest BCUT2D eigenvalue weighted by molar-refractivity contribution is 0.600. The zero-order chi connectivity index (χ0) is 15.8. The van der Waals surface area contributed by atoms with Gasteiger partial charge in [-0.05, 0) is 74.7 Å². The molecule has 0 aliphatic rings. The molecule has 0 spiro atoms. The normalized spacial score (nSPS) is 11.5. The first kappa shape index (κ1) is 17.3. The Hall–Kier alpha value is -0.0800. The first-order chi connectivity index (χ1) is 9.70. The number of hydrogen-bond acceptors (Lipinski definition) is 2. The summed E-state index contributed by atoms with van der Waals surface area (Å²) in [7, 11) is -3.70. The molecule has 2 rings (SSSR count). The van der Waals surface area contributed by atoms with Crippen molar-refractivity contribution in [2.24, 2.45) is 0 Å². The quantitative estimate of drug-likeness (QED) is 0.564. The maximum Gasteiger partial charge on any atom is 0.263 e. The van der Waals surface area contributed by atoms with Crippen molar-refractivity contribution in [3.05, 3.63) is 54.3 Å². The van der Waals surface area contributed by atoms with Gasteiger partial charge < -0.3 is 0 Å². The van der Waals surface area contributed by atoms with Gasteiger partial charge in [0.05, 0.1) is 10.7 Å². The fourth-order valence-corrected chi connectivity index (χ4v) is 4.83. The molecule has 2 aromatic rings. The molecule has 0 atom stereocenters. The number of sulfonamides is 1. The maximum absolute atomic E-state index is 12.5. The first-order valence-corrected chi connectivity index (χ1v) is 9.88. The van der Waals surface area contributed by atoms with Gasteiger partial charge in [-0.15, -0.1) is 0 Å². The molecule has 0 heterocycles. The molecule has 2 aromatic carbocycles. The fraction of sp³-hybridized carbons (Fsp3) is 0.0769. The summed E-state index contributed by atoms with van der Waals surface area (Å²) in [5.41, 5.74) is 1.37. The van der Waals surface area contributed by atoms with Crippen molar-refractivity contribution < 1.29 is 8.42 Å². The van der Waals surface area contributed by atoms with Gasteiger partial charge in [-0.25, -0.2) is 8.42 Å². The summed E-state index contributed by atoms with van der Waals surface area (Å²) in [6, 6.07) is 8.13. The van der Waals surface area contributed by atoms with Crippen LogP contribution < -0.4 is 4.72 Å². The standard InChI is InChI=1S/C13H9Br3ClNO2S/c1-7-4-11(16)13(6-9(7)14)21(19,20)18-8-2-3-12(17)10(15)5-8/h2-6,18H,1H3. The van der Waals surface area contributed by atoms with Crippen LogP contribution in [-0.4, -0.2) is 8.42 Å². The lowest BCUT2D eigenvalue weighted by Crippen LogP contribution is -2.13. The van der Waals surface area contributed by atoms with E-state index in [4.69, 9.17) is 11.6 Å². The Bertz CT molecular complexity index is 809. The highest BCUT2D eigenvalue weighted by molar-refractivity contribution is 9.11. The largest absolute Gasteiger partial charge is 0.280 e. The van der Waals surface area contributed by atoms with Crippen molar-refractivity contribution in [2.75, 3.05) is 4.72 Å². The van der Waals surface area contributed by atoms with E-state index < -0.39 is 10.0 Å². The van der Waals surface area contributed by atoms with Crippen molar-refractivity contribution in [3.8, 4) is 0 Å². The summed E-state index contributed by atoms with van der Waals surface area (Å²) >= 11 is 15.8. The van der Waals surface area contributed by atoms with Crippen LogP contribution in [0.5, 0.6) is 0 Å². The van der Waals surface area contributed by atoms with E-state index in [9.17, 15) is 8.42 Å². The highest BCUT2D eigenvalue weighted by Gasteiger charge is 2.19. The summed E-state index contributed by atoms with van der Waals surface area (Å²) in [5, 5.41) is 0.511. The Morgan fingerprint density at radius 2 is 1.67 bits per heavy atom. The van der Waals surface area contributed by atoms with E-state index in [0.717, 1.165) is 10.0 Å². The lowest BCUT2D eigenvalue weighted by atomic mass is 10.2. The van der Waals surface area contributed by atoms with Gasteiger partial charge in [0, 0.05) is 13.4 Å². The zero-order valence-electron chi connectivity index (χ0n) is 10.6. The lowest BCUT2D eigenvalue weighted by Gasteiger charge is -2.12. The molecule has 3 nitrogen and oxygen atoms in total. The Kier molecular flexibility index (Phi) is 5.41. The number of benzene rings is 2. The molecule has 0 saturated heterocycles. The highest BCUT2D eigenvalue weighted by Crippen LogP contribution is 2.31. The molecular formula is C13H9Br3ClNO2S. The molecule has 0 aromatic heterocycles. The van der Waals surface area contributed by atoms with Gasteiger partial charge >= 0.3 is 0 Å².